The van der Waals surface area contributed by atoms with Gasteiger partial charge < -0.3 is 10.6 Å². The molecule has 2 aromatic carbocycles. The molecule has 0 unspecified atom stereocenters. The maximum atomic E-state index is 12.3. The van der Waals surface area contributed by atoms with E-state index < -0.39 is 0 Å². The number of halogens is 1. The van der Waals surface area contributed by atoms with Crippen LogP contribution in [0.25, 0.3) is 0 Å². The Morgan fingerprint density at radius 3 is 2.36 bits per heavy atom. The predicted molar refractivity (Wildman–Crippen MR) is 118 cm³/mol. The summed E-state index contributed by atoms with van der Waals surface area (Å²) in [5, 5.41) is 5.45. The number of hydrogen-bond donors (Lipinski definition) is 2. The minimum atomic E-state index is -0.262. The van der Waals surface area contributed by atoms with Crippen molar-refractivity contribution in [3.63, 3.8) is 0 Å². The van der Waals surface area contributed by atoms with Crippen LogP contribution in [0.3, 0.4) is 0 Å². The fraction of sp³-hybridized carbons (Fsp3) is 0.364. The molecule has 0 atom stereocenters. The van der Waals surface area contributed by atoms with Gasteiger partial charge in [0.15, 0.2) is 0 Å². The van der Waals surface area contributed by atoms with E-state index in [0.29, 0.717) is 17.3 Å². The predicted octanol–water partition coefficient (Wildman–Crippen LogP) is 4.36. The van der Waals surface area contributed by atoms with Crippen molar-refractivity contribution in [1.82, 2.24) is 10.2 Å². The van der Waals surface area contributed by atoms with E-state index in [0.717, 1.165) is 28.7 Å². The summed E-state index contributed by atoms with van der Waals surface area (Å²) in [7, 11) is 0. The third-order valence-corrected chi connectivity index (χ3v) is 5.48. The van der Waals surface area contributed by atoms with E-state index in [1.165, 1.54) is 0 Å². The van der Waals surface area contributed by atoms with Gasteiger partial charge in [-0.2, -0.15) is 0 Å². The van der Waals surface area contributed by atoms with Crippen LogP contribution in [0, 0.1) is 6.92 Å². The molecule has 0 saturated carbocycles. The fourth-order valence-corrected chi connectivity index (χ4v) is 3.09. The molecule has 2 rings (SSSR count). The zero-order chi connectivity index (χ0) is 20.7. The van der Waals surface area contributed by atoms with Gasteiger partial charge in [0.05, 0.1) is 6.54 Å². The van der Waals surface area contributed by atoms with Gasteiger partial charge in [-0.15, -0.1) is 0 Å². The second kappa shape index (κ2) is 10.4. The number of rotatable bonds is 8. The third-order valence-electron chi connectivity index (χ3n) is 4.59. The topological polar surface area (TPSA) is 61.4 Å². The Labute approximate surface area is 175 Å². The highest BCUT2D eigenvalue weighted by molar-refractivity contribution is 9.10. The Balaban J connectivity index is 1.86. The highest BCUT2D eigenvalue weighted by Gasteiger charge is 2.11. The number of carbonyl (C=O) groups excluding carboxylic acids is 2. The Morgan fingerprint density at radius 1 is 1.11 bits per heavy atom. The van der Waals surface area contributed by atoms with E-state index in [1.807, 2.05) is 37.3 Å². The fourth-order valence-electron chi connectivity index (χ4n) is 2.85. The van der Waals surface area contributed by atoms with E-state index in [4.69, 9.17) is 0 Å². The molecule has 0 fully saturated rings. The Bertz CT molecular complexity index is 819. The molecule has 0 aliphatic heterocycles. The monoisotopic (exact) mass is 445 g/mol. The van der Waals surface area contributed by atoms with Crippen molar-refractivity contribution in [2.24, 2.45) is 0 Å². The molecule has 0 radical (unpaired) electrons. The summed E-state index contributed by atoms with van der Waals surface area (Å²) in [4.78, 5) is 26.7. The number of carbonyl (C=O) groups is 2. The molecule has 0 bridgehead atoms. The van der Waals surface area contributed by atoms with Crippen LogP contribution >= 0.6 is 15.9 Å². The van der Waals surface area contributed by atoms with Crippen LogP contribution in [0.2, 0.25) is 0 Å². The summed E-state index contributed by atoms with van der Waals surface area (Å²) >= 11 is 3.43. The van der Waals surface area contributed by atoms with E-state index in [-0.39, 0.29) is 18.4 Å². The average Bonchev–Trinajstić information content (AvgIpc) is 2.67. The molecule has 0 saturated heterocycles. The van der Waals surface area contributed by atoms with Crippen molar-refractivity contribution in [2.75, 3.05) is 18.4 Å². The van der Waals surface area contributed by atoms with Gasteiger partial charge in [0, 0.05) is 28.3 Å². The van der Waals surface area contributed by atoms with Crippen molar-refractivity contribution in [3.05, 3.63) is 63.6 Å². The first-order valence-corrected chi connectivity index (χ1v) is 10.3. The molecular weight excluding hydrogens is 418 g/mol. The second-order valence-corrected chi connectivity index (χ2v) is 7.90. The quantitative estimate of drug-likeness (QED) is 0.634. The third kappa shape index (κ3) is 6.46. The molecule has 0 aromatic heterocycles. The van der Waals surface area contributed by atoms with Crippen LogP contribution in [-0.4, -0.2) is 35.8 Å². The molecule has 5 nitrogen and oxygen atoms in total. The number of hydrogen-bond acceptors (Lipinski definition) is 3. The molecule has 2 N–H and O–H groups in total. The standard InChI is InChI=1S/C22H28BrN3O2/c1-5-26(15(2)3)14-17-6-8-18(9-7-17)22(28)24-13-21(27)25-19-10-11-20(23)16(4)12-19/h6-12,15H,5,13-14H2,1-4H3,(H,24,28)(H,25,27). The largest absolute Gasteiger partial charge is 0.343 e. The summed E-state index contributed by atoms with van der Waals surface area (Å²) in [5.41, 5.74) is 3.44. The first-order chi connectivity index (χ1) is 13.3. The molecule has 0 spiro atoms. The Hall–Kier alpha value is -2.18. The minimum Gasteiger partial charge on any atom is -0.343 e. The molecule has 0 aliphatic carbocycles. The van der Waals surface area contributed by atoms with Crippen LogP contribution in [0.5, 0.6) is 0 Å². The van der Waals surface area contributed by atoms with E-state index in [9.17, 15) is 9.59 Å². The van der Waals surface area contributed by atoms with Gasteiger partial charge in [0.1, 0.15) is 0 Å². The summed E-state index contributed by atoms with van der Waals surface area (Å²) in [5.74, 6) is -0.521. The van der Waals surface area contributed by atoms with E-state index in [1.54, 1.807) is 12.1 Å². The maximum Gasteiger partial charge on any atom is 0.251 e. The number of aryl methyl sites for hydroxylation is 1. The lowest BCUT2D eigenvalue weighted by Gasteiger charge is -2.24. The van der Waals surface area contributed by atoms with Crippen LogP contribution in [0.1, 0.15) is 42.3 Å². The van der Waals surface area contributed by atoms with Crippen molar-refractivity contribution < 1.29 is 9.59 Å². The molecule has 2 aromatic rings. The van der Waals surface area contributed by atoms with Gasteiger partial charge in [0.25, 0.3) is 5.91 Å². The van der Waals surface area contributed by atoms with Gasteiger partial charge in [-0.3, -0.25) is 14.5 Å². The Kier molecular flexibility index (Phi) is 8.20. The van der Waals surface area contributed by atoms with E-state index >= 15 is 0 Å². The van der Waals surface area contributed by atoms with Crippen molar-refractivity contribution >= 4 is 33.4 Å². The van der Waals surface area contributed by atoms with Gasteiger partial charge in [-0.1, -0.05) is 35.0 Å². The average molecular weight is 446 g/mol. The summed E-state index contributed by atoms with van der Waals surface area (Å²) < 4.78 is 0.984. The lowest BCUT2D eigenvalue weighted by molar-refractivity contribution is -0.115. The minimum absolute atomic E-state index is 0.0767. The summed E-state index contributed by atoms with van der Waals surface area (Å²) in [6.45, 7) is 10.2. The lowest BCUT2D eigenvalue weighted by atomic mass is 10.1. The molecule has 2 amide bonds. The van der Waals surface area contributed by atoms with Crippen LogP contribution in [-0.2, 0) is 11.3 Å². The maximum absolute atomic E-state index is 12.3. The highest BCUT2D eigenvalue weighted by Crippen LogP contribution is 2.19. The number of nitrogens with one attached hydrogen (secondary N) is 2. The highest BCUT2D eigenvalue weighted by atomic mass is 79.9. The van der Waals surface area contributed by atoms with Gasteiger partial charge in [-0.25, -0.2) is 0 Å². The first-order valence-electron chi connectivity index (χ1n) is 9.47. The SMILES string of the molecule is CCN(Cc1ccc(C(=O)NCC(=O)Nc2ccc(Br)c(C)c2)cc1)C(C)C. The molecule has 0 heterocycles. The van der Waals surface area contributed by atoms with Crippen LogP contribution in [0.4, 0.5) is 5.69 Å². The number of nitrogens with zero attached hydrogens (tertiary/aromatic N) is 1. The molecule has 28 heavy (non-hydrogen) atoms. The second-order valence-electron chi connectivity index (χ2n) is 7.05. The molecule has 6 heteroatoms. The first kappa shape index (κ1) is 22.1. The normalized spacial score (nSPS) is 11.0. The molecule has 150 valence electrons. The van der Waals surface area contributed by atoms with Crippen molar-refractivity contribution in [1.29, 1.82) is 0 Å². The van der Waals surface area contributed by atoms with Gasteiger partial charge in [0.2, 0.25) is 5.91 Å². The number of benzene rings is 2. The summed E-state index contributed by atoms with van der Waals surface area (Å²) in [6.07, 6.45) is 0. The van der Waals surface area contributed by atoms with Crippen molar-refractivity contribution in [3.8, 4) is 0 Å². The molecule has 0 aliphatic rings. The smallest absolute Gasteiger partial charge is 0.251 e. The number of anilines is 1. The molecular formula is C22H28BrN3O2. The zero-order valence-electron chi connectivity index (χ0n) is 16.9. The van der Waals surface area contributed by atoms with Crippen LogP contribution in [0.15, 0.2) is 46.9 Å². The Morgan fingerprint density at radius 2 is 1.79 bits per heavy atom. The van der Waals surface area contributed by atoms with Gasteiger partial charge >= 0.3 is 0 Å². The van der Waals surface area contributed by atoms with Crippen molar-refractivity contribution in [2.45, 2.75) is 40.3 Å². The lowest BCUT2D eigenvalue weighted by Crippen LogP contribution is -2.33. The van der Waals surface area contributed by atoms with Gasteiger partial charge in [-0.05, 0) is 68.8 Å². The van der Waals surface area contributed by atoms with E-state index in [2.05, 4.69) is 52.2 Å². The number of amides is 2. The zero-order valence-corrected chi connectivity index (χ0v) is 18.5. The summed E-state index contributed by atoms with van der Waals surface area (Å²) in [6, 6.07) is 13.6. The van der Waals surface area contributed by atoms with Crippen LogP contribution < -0.4 is 10.6 Å².